The van der Waals surface area contributed by atoms with Gasteiger partial charge in [-0.25, -0.2) is 25.6 Å². The second-order valence-electron chi connectivity index (χ2n) is 10.6. The molecule has 8 nitrogen and oxygen atoms in total. The fourth-order valence-corrected chi connectivity index (χ4v) is 7.59. The molecule has 0 aliphatic heterocycles. The number of hydrogen-bond donors (Lipinski definition) is 1. The van der Waals surface area contributed by atoms with E-state index < -0.39 is 37.9 Å². The van der Waals surface area contributed by atoms with Gasteiger partial charge in [-0.2, -0.15) is 18.9 Å². The van der Waals surface area contributed by atoms with E-state index in [9.17, 15) is 45.1 Å². The van der Waals surface area contributed by atoms with Crippen LogP contribution in [0.15, 0.2) is 119 Å². The Morgan fingerprint density at radius 3 is 1.83 bits per heavy atom. The first-order chi connectivity index (χ1) is 22.8. The lowest BCUT2D eigenvalue weighted by atomic mass is 9.90. The van der Waals surface area contributed by atoms with Crippen LogP contribution < -0.4 is 0 Å². The molecular weight excluding hydrogens is 664 g/mol. The van der Waals surface area contributed by atoms with E-state index in [1.165, 1.54) is 48.5 Å². The first-order valence-electron chi connectivity index (χ1n) is 13.9. The van der Waals surface area contributed by atoms with Crippen LogP contribution in [0.3, 0.4) is 0 Å². The zero-order chi connectivity index (χ0) is 34.4. The Labute approximate surface area is 273 Å². The molecule has 6 rings (SSSR count). The molecular formula is C35H20F3N3O5S2. The van der Waals surface area contributed by atoms with Crippen molar-refractivity contribution >= 4 is 31.0 Å². The minimum absolute atomic E-state index is 0.00857. The maximum Gasteiger partial charge on any atom is 0.294 e. The number of nitriles is 2. The van der Waals surface area contributed by atoms with Crippen LogP contribution in [0, 0.1) is 28.5 Å². The predicted octanol–water partition coefficient (Wildman–Crippen LogP) is 7.95. The van der Waals surface area contributed by atoms with Crippen molar-refractivity contribution in [2.24, 2.45) is 0 Å². The fraction of sp³-hybridized carbons (Fsp3) is 0.0286. The second-order valence-corrected chi connectivity index (χ2v) is 13.8. The number of alkyl halides is 2. The molecule has 1 heterocycles. The molecule has 0 saturated heterocycles. The maximum atomic E-state index is 15.0. The second kappa shape index (κ2) is 12.1. The lowest BCUT2D eigenvalue weighted by molar-refractivity contribution is 0.151. The number of halogens is 3. The molecule has 0 spiro atoms. The average Bonchev–Trinajstić information content (AvgIpc) is 3.42. The predicted molar refractivity (Wildman–Crippen MR) is 171 cm³/mol. The summed E-state index contributed by atoms with van der Waals surface area (Å²) in [6.07, 6.45) is -2.85. The molecule has 238 valence electrons. The summed E-state index contributed by atoms with van der Waals surface area (Å²) in [5.74, 6) is -0.730. The number of fused-ring (bicyclic) bond motifs is 1. The summed E-state index contributed by atoms with van der Waals surface area (Å²) in [7, 11) is -9.11. The van der Waals surface area contributed by atoms with Crippen LogP contribution in [0.4, 0.5) is 13.2 Å². The van der Waals surface area contributed by atoms with Gasteiger partial charge in [0.05, 0.1) is 44.3 Å². The molecule has 1 aromatic heterocycles. The molecule has 0 bridgehead atoms. The van der Waals surface area contributed by atoms with Gasteiger partial charge in [0, 0.05) is 27.6 Å². The Hall–Kier alpha value is -5.73. The zero-order valence-electron chi connectivity index (χ0n) is 24.3. The van der Waals surface area contributed by atoms with Crippen LogP contribution in [0.25, 0.3) is 44.4 Å². The molecule has 0 aliphatic rings. The van der Waals surface area contributed by atoms with Crippen molar-refractivity contribution in [2.75, 3.05) is 0 Å². The number of nitrogens with zero attached hydrogens (tertiary/aromatic N) is 3. The third kappa shape index (κ3) is 5.60. The minimum Gasteiger partial charge on any atom is -0.282 e. The zero-order valence-corrected chi connectivity index (χ0v) is 26.0. The molecule has 13 heteroatoms. The smallest absolute Gasteiger partial charge is 0.282 e. The Bertz CT molecular complexity index is 2520. The van der Waals surface area contributed by atoms with Crippen molar-refractivity contribution in [3.8, 4) is 45.6 Å². The molecule has 0 aliphatic carbocycles. The molecule has 0 radical (unpaired) electrons. The summed E-state index contributed by atoms with van der Waals surface area (Å²) in [6.45, 7) is 0. The van der Waals surface area contributed by atoms with E-state index in [4.69, 9.17) is 0 Å². The molecule has 0 saturated carbocycles. The van der Waals surface area contributed by atoms with Gasteiger partial charge in [-0.05, 0) is 71.8 Å². The van der Waals surface area contributed by atoms with Crippen molar-refractivity contribution in [2.45, 2.75) is 16.2 Å². The van der Waals surface area contributed by atoms with Gasteiger partial charge in [0.1, 0.15) is 5.82 Å². The summed E-state index contributed by atoms with van der Waals surface area (Å²) in [6, 6.07) is 27.5. The van der Waals surface area contributed by atoms with Gasteiger partial charge >= 0.3 is 0 Å². The highest BCUT2D eigenvalue weighted by Crippen LogP contribution is 2.46. The average molecular weight is 684 g/mol. The van der Waals surface area contributed by atoms with Crippen molar-refractivity contribution in [3.05, 3.63) is 132 Å². The van der Waals surface area contributed by atoms with Gasteiger partial charge in [0.15, 0.2) is 0 Å². The molecule has 48 heavy (non-hydrogen) atoms. The van der Waals surface area contributed by atoms with E-state index >= 15 is 0 Å². The molecule has 1 N–H and O–H groups in total. The lowest BCUT2D eigenvalue weighted by Crippen LogP contribution is -2.14. The quantitative estimate of drug-likeness (QED) is 0.168. The first-order valence-corrected chi connectivity index (χ1v) is 16.8. The summed E-state index contributed by atoms with van der Waals surface area (Å²) in [5, 5.41) is 20.2. The van der Waals surface area contributed by atoms with E-state index in [0.717, 1.165) is 40.4 Å². The number of rotatable bonds is 7. The van der Waals surface area contributed by atoms with Crippen molar-refractivity contribution in [1.29, 1.82) is 10.5 Å². The Balaban J connectivity index is 1.74. The minimum atomic E-state index is -4.64. The summed E-state index contributed by atoms with van der Waals surface area (Å²) in [4.78, 5) is -0.695. The lowest BCUT2D eigenvalue weighted by Gasteiger charge is -2.16. The number of benzene rings is 5. The van der Waals surface area contributed by atoms with Gasteiger partial charge in [-0.15, -0.1) is 0 Å². The third-order valence-electron chi connectivity index (χ3n) is 7.73. The molecule has 5 aromatic carbocycles. The molecule has 6 aromatic rings. The monoisotopic (exact) mass is 683 g/mol. The SMILES string of the molecule is N#Cc1cccc(C#N)c1-c1c(-c2cccc(-c3ccc(S(=O)(=O)O)cc3)c2)n(S(=O)(=O)c2ccc(C(F)F)cc2)c2ccc(F)cc12. The molecule has 0 atom stereocenters. The van der Waals surface area contributed by atoms with Gasteiger partial charge in [-0.1, -0.05) is 48.5 Å². The highest BCUT2D eigenvalue weighted by Gasteiger charge is 2.31. The normalized spacial score (nSPS) is 11.8. The van der Waals surface area contributed by atoms with Gasteiger partial charge in [0.2, 0.25) is 0 Å². The topological polar surface area (TPSA) is 141 Å². The Morgan fingerprint density at radius 2 is 1.25 bits per heavy atom. The number of aromatic nitrogens is 1. The van der Waals surface area contributed by atoms with E-state index in [2.05, 4.69) is 0 Å². The van der Waals surface area contributed by atoms with Crippen molar-refractivity contribution < 1.29 is 34.6 Å². The maximum absolute atomic E-state index is 15.0. The van der Waals surface area contributed by atoms with Crippen LogP contribution in [0.1, 0.15) is 23.1 Å². The molecule has 0 fully saturated rings. The van der Waals surface area contributed by atoms with E-state index in [0.29, 0.717) is 11.1 Å². The Kier molecular flexibility index (Phi) is 8.14. The van der Waals surface area contributed by atoms with Crippen LogP contribution >= 0.6 is 0 Å². The summed E-state index contributed by atoms with van der Waals surface area (Å²) in [5.41, 5.74) is 0.872. The van der Waals surface area contributed by atoms with Gasteiger partial charge < -0.3 is 0 Å². The highest BCUT2D eigenvalue weighted by molar-refractivity contribution is 7.90. The van der Waals surface area contributed by atoms with Crippen LogP contribution in [0.5, 0.6) is 0 Å². The van der Waals surface area contributed by atoms with E-state index in [-0.39, 0.29) is 54.2 Å². The fourth-order valence-electron chi connectivity index (χ4n) is 5.56. The first kappa shape index (κ1) is 32.2. The summed E-state index contributed by atoms with van der Waals surface area (Å²) >= 11 is 0. The molecule has 0 amide bonds. The van der Waals surface area contributed by atoms with Crippen molar-refractivity contribution in [3.63, 3.8) is 0 Å². The van der Waals surface area contributed by atoms with Crippen LogP contribution in [0.2, 0.25) is 0 Å². The number of hydrogen-bond acceptors (Lipinski definition) is 6. The largest absolute Gasteiger partial charge is 0.294 e. The molecule has 0 unspecified atom stereocenters. The Morgan fingerprint density at radius 1 is 0.667 bits per heavy atom. The van der Waals surface area contributed by atoms with Gasteiger partial charge in [-0.3, -0.25) is 4.55 Å². The van der Waals surface area contributed by atoms with E-state index in [1.807, 2.05) is 12.1 Å². The van der Waals surface area contributed by atoms with Gasteiger partial charge in [0.25, 0.3) is 26.6 Å². The van der Waals surface area contributed by atoms with E-state index in [1.54, 1.807) is 24.3 Å². The third-order valence-corrected chi connectivity index (χ3v) is 10.3. The van der Waals surface area contributed by atoms with Crippen LogP contribution in [-0.2, 0) is 20.1 Å². The van der Waals surface area contributed by atoms with Crippen molar-refractivity contribution in [1.82, 2.24) is 3.97 Å². The summed E-state index contributed by atoms with van der Waals surface area (Å²) < 4.78 is 104. The standard InChI is InChI=1S/C35H20F3N3O5S2/c36-27-11-16-31-30(18-27)33(32-25(19-39)5-2-6-26(32)20-40)34(41(31)47(42,43)28-12-9-22(10-13-28)35(37)38)24-4-1-3-23(17-24)21-7-14-29(15-8-21)48(44,45)46/h1-18,35H,(H,44,45,46). The highest BCUT2D eigenvalue weighted by atomic mass is 32.2. The van der Waals surface area contributed by atoms with Crippen LogP contribution in [-0.4, -0.2) is 25.4 Å².